The zero-order valence-electron chi connectivity index (χ0n) is 16.5. The highest BCUT2D eigenvalue weighted by atomic mass is 32.1. The summed E-state index contributed by atoms with van der Waals surface area (Å²) in [6.07, 6.45) is 0.00293. The molecule has 1 aromatic heterocycles. The first-order valence-electron chi connectivity index (χ1n) is 9.91. The Morgan fingerprint density at radius 1 is 1.13 bits per heavy atom. The van der Waals surface area contributed by atoms with E-state index in [1.807, 2.05) is 23.6 Å². The summed E-state index contributed by atoms with van der Waals surface area (Å²) >= 11 is 1.55. The van der Waals surface area contributed by atoms with E-state index in [1.54, 1.807) is 34.4 Å². The maximum absolute atomic E-state index is 13.8. The number of hydrogen-bond donors (Lipinski definition) is 1. The molecule has 158 valence electrons. The summed E-state index contributed by atoms with van der Waals surface area (Å²) in [7, 11) is 0. The first-order chi connectivity index (χ1) is 15.1. The molecule has 2 aliphatic rings. The van der Waals surface area contributed by atoms with Gasteiger partial charge in [-0.15, -0.1) is 11.3 Å². The van der Waals surface area contributed by atoms with E-state index >= 15 is 0 Å². The number of ether oxygens (including phenoxy) is 2. The van der Waals surface area contributed by atoms with Gasteiger partial charge in [-0.2, -0.15) is 0 Å². The van der Waals surface area contributed by atoms with Crippen LogP contribution in [-0.2, 0) is 16.1 Å². The molecule has 1 atom stereocenters. The van der Waals surface area contributed by atoms with Crippen LogP contribution in [0.3, 0.4) is 0 Å². The fraction of sp³-hybridized carbons (Fsp3) is 0.217. The summed E-state index contributed by atoms with van der Waals surface area (Å²) in [5.41, 5.74) is 1.60. The molecule has 0 saturated carbocycles. The number of rotatable bonds is 4. The minimum atomic E-state index is -0.711. The van der Waals surface area contributed by atoms with Crippen LogP contribution < -0.4 is 19.7 Å². The van der Waals surface area contributed by atoms with Crippen molar-refractivity contribution in [3.63, 3.8) is 0 Å². The number of amides is 2. The fourth-order valence-corrected chi connectivity index (χ4v) is 4.59. The van der Waals surface area contributed by atoms with Crippen molar-refractivity contribution in [1.29, 1.82) is 0 Å². The fourth-order valence-electron chi connectivity index (χ4n) is 3.90. The van der Waals surface area contributed by atoms with Gasteiger partial charge in [0.15, 0.2) is 11.5 Å². The summed E-state index contributed by atoms with van der Waals surface area (Å²) in [5.74, 6) is -0.498. The highest BCUT2D eigenvalue weighted by Crippen LogP contribution is 2.38. The number of nitrogens with one attached hydrogen (secondary N) is 1. The molecule has 6 nitrogen and oxygen atoms in total. The molecule has 2 aromatic carbocycles. The number of halogens is 1. The van der Waals surface area contributed by atoms with Crippen molar-refractivity contribution in [3.05, 3.63) is 70.2 Å². The molecule has 0 aliphatic carbocycles. The van der Waals surface area contributed by atoms with Gasteiger partial charge in [-0.1, -0.05) is 12.1 Å². The van der Waals surface area contributed by atoms with E-state index in [4.69, 9.17) is 9.47 Å². The summed E-state index contributed by atoms with van der Waals surface area (Å²) in [4.78, 5) is 28.7. The van der Waals surface area contributed by atoms with Crippen molar-refractivity contribution in [2.75, 3.05) is 23.4 Å². The maximum atomic E-state index is 13.8. The predicted molar refractivity (Wildman–Crippen MR) is 115 cm³/mol. The van der Waals surface area contributed by atoms with E-state index in [-0.39, 0.29) is 18.2 Å². The molecule has 0 spiro atoms. The molecule has 0 fully saturated rings. The smallest absolute Gasteiger partial charge is 0.235 e. The van der Waals surface area contributed by atoms with Crippen molar-refractivity contribution in [2.45, 2.75) is 18.9 Å². The number of nitrogens with zero attached hydrogens (tertiary/aromatic N) is 1. The standard InChI is InChI=1S/C23H19FN2O4S/c24-14-3-5-17-18(12-22(27)25-19(17)10-14)23(28)26(13-16-2-1-9-31-16)15-4-6-20-21(11-15)30-8-7-29-20/h1-6,9-11,18H,7-8,12-13H2,(H,25,27)/t18-/m0/s1. The Hall–Kier alpha value is -3.39. The third-order valence-electron chi connectivity index (χ3n) is 5.35. The number of fused-ring (bicyclic) bond motifs is 2. The van der Waals surface area contributed by atoms with Gasteiger partial charge in [0.25, 0.3) is 0 Å². The Bertz CT molecular complexity index is 1150. The molecule has 8 heteroatoms. The van der Waals surface area contributed by atoms with E-state index in [1.165, 1.54) is 12.1 Å². The van der Waals surface area contributed by atoms with Crippen LogP contribution in [-0.4, -0.2) is 25.0 Å². The number of carbonyl (C=O) groups is 2. The van der Waals surface area contributed by atoms with Crippen molar-refractivity contribution in [3.8, 4) is 11.5 Å². The molecule has 2 amide bonds. The second kappa shape index (κ2) is 8.03. The summed E-state index contributed by atoms with van der Waals surface area (Å²) in [5, 5.41) is 4.62. The van der Waals surface area contributed by atoms with Gasteiger partial charge < -0.3 is 19.7 Å². The minimum Gasteiger partial charge on any atom is -0.486 e. The summed E-state index contributed by atoms with van der Waals surface area (Å²) in [6, 6.07) is 13.4. The Morgan fingerprint density at radius 3 is 2.77 bits per heavy atom. The molecule has 0 bridgehead atoms. The van der Waals surface area contributed by atoms with E-state index in [0.29, 0.717) is 48.2 Å². The van der Waals surface area contributed by atoms with Crippen LogP contribution in [0.1, 0.15) is 22.8 Å². The zero-order chi connectivity index (χ0) is 21.4. The van der Waals surface area contributed by atoms with Crippen LogP contribution in [0.15, 0.2) is 53.9 Å². The van der Waals surface area contributed by atoms with Gasteiger partial charge in [0.2, 0.25) is 11.8 Å². The third kappa shape index (κ3) is 3.86. The highest BCUT2D eigenvalue weighted by molar-refractivity contribution is 7.09. The maximum Gasteiger partial charge on any atom is 0.235 e. The predicted octanol–water partition coefficient (Wildman–Crippen LogP) is 4.32. The van der Waals surface area contributed by atoms with Crippen molar-refractivity contribution >= 4 is 34.5 Å². The quantitative estimate of drug-likeness (QED) is 0.659. The lowest BCUT2D eigenvalue weighted by atomic mass is 9.89. The topological polar surface area (TPSA) is 67.9 Å². The van der Waals surface area contributed by atoms with E-state index in [0.717, 1.165) is 4.88 Å². The average molecular weight is 438 g/mol. The average Bonchev–Trinajstić information content (AvgIpc) is 3.29. The van der Waals surface area contributed by atoms with Crippen LogP contribution in [0.2, 0.25) is 0 Å². The Morgan fingerprint density at radius 2 is 1.97 bits per heavy atom. The van der Waals surface area contributed by atoms with E-state index < -0.39 is 11.7 Å². The number of hydrogen-bond acceptors (Lipinski definition) is 5. The first-order valence-corrected chi connectivity index (χ1v) is 10.8. The molecule has 1 N–H and O–H groups in total. The highest BCUT2D eigenvalue weighted by Gasteiger charge is 2.35. The molecular weight excluding hydrogens is 419 g/mol. The molecular formula is C23H19FN2O4S. The molecule has 31 heavy (non-hydrogen) atoms. The van der Waals surface area contributed by atoms with Crippen LogP contribution >= 0.6 is 11.3 Å². The van der Waals surface area contributed by atoms with E-state index in [9.17, 15) is 14.0 Å². The number of benzene rings is 2. The van der Waals surface area contributed by atoms with Crippen LogP contribution in [0.5, 0.6) is 11.5 Å². The Labute approximate surface area is 182 Å². The van der Waals surface area contributed by atoms with Crippen molar-refractivity contribution in [1.82, 2.24) is 0 Å². The monoisotopic (exact) mass is 438 g/mol. The molecule has 3 heterocycles. The lowest BCUT2D eigenvalue weighted by Gasteiger charge is -2.31. The number of thiophene rings is 1. The second-order valence-electron chi connectivity index (χ2n) is 7.37. The Balaban J connectivity index is 1.54. The molecule has 0 saturated heterocycles. The van der Waals surface area contributed by atoms with Gasteiger partial charge in [-0.25, -0.2) is 4.39 Å². The lowest BCUT2D eigenvalue weighted by molar-refractivity contribution is -0.124. The zero-order valence-corrected chi connectivity index (χ0v) is 17.3. The molecule has 0 radical (unpaired) electrons. The summed E-state index contributed by atoms with van der Waals surface area (Å²) < 4.78 is 25.0. The SMILES string of the molecule is O=C1C[C@H](C(=O)N(Cc2cccs2)c2ccc3c(c2)OCCO3)c2ccc(F)cc2N1. The van der Waals surface area contributed by atoms with Crippen LogP contribution in [0.25, 0.3) is 0 Å². The van der Waals surface area contributed by atoms with Gasteiger partial charge in [0.05, 0.1) is 12.5 Å². The van der Waals surface area contributed by atoms with Gasteiger partial charge in [-0.05, 0) is 41.3 Å². The van der Waals surface area contributed by atoms with E-state index in [2.05, 4.69) is 5.32 Å². The molecule has 3 aromatic rings. The largest absolute Gasteiger partial charge is 0.486 e. The number of carbonyl (C=O) groups excluding carboxylic acids is 2. The minimum absolute atomic E-state index is 0.00293. The van der Waals surface area contributed by atoms with Crippen LogP contribution in [0.4, 0.5) is 15.8 Å². The molecule has 0 unspecified atom stereocenters. The third-order valence-corrected chi connectivity index (χ3v) is 6.21. The lowest BCUT2D eigenvalue weighted by Crippen LogP contribution is -2.38. The first kappa shape index (κ1) is 19.6. The van der Waals surface area contributed by atoms with Crippen molar-refractivity contribution in [2.24, 2.45) is 0 Å². The summed E-state index contributed by atoms with van der Waals surface area (Å²) in [6.45, 7) is 1.27. The number of anilines is 2. The van der Waals surface area contributed by atoms with Gasteiger partial charge >= 0.3 is 0 Å². The van der Waals surface area contributed by atoms with Crippen molar-refractivity contribution < 1.29 is 23.5 Å². The van der Waals surface area contributed by atoms with Gasteiger partial charge in [0.1, 0.15) is 19.0 Å². The van der Waals surface area contributed by atoms with Gasteiger partial charge in [0, 0.05) is 28.7 Å². The van der Waals surface area contributed by atoms with Gasteiger partial charge in [-0.3, -0.25) is 9.59 Å². The Kier molecular flexibility index (Phi) is 5.07. The normalized spacial score (nSPS) is 16.9. The second-order valence-corrected chi connectivity index (χ2v) is 8.40. The molecule has 5 rings (SSSR count). The van der Waals surface area contributed by atoms with Crippen LogP contribution in [0, 0.1) is 5.82 Å². The molecule has 2 aliphatic heterocycles.